The lowest BCUT2D eigenvalue weighted by atomic mass is 9.96. The molecule has 0 aliphatic heterocycles. The van der Waals surface area contributed by atoms with Crippen molar-refractivity contribution in [3.8, 4) is 0 Å². The first kappa shape index (κ1) is 12.7. The standard InChI is InChI=1S/C13H20N2O/c1-13(2,3)9-15-12(16)11(14)10-7-5-4-6-8-10/h4-8,11H,9,14H2,1-3H3,(H,15,16). The van der Waals surface area contributed by atoms with Gasteiger partial charge in [-0.15, -0.1) is 0 Å². The van der Waals surface area contributed by atoms with Crippen molar-refractivity contribution >= 4 is 5.91 Å². The lowest BCUT2D eigenvalue weighted by Crippen LogP contribution is -2.38. The van der Waals surface area contributed by atoms with Crippen LogP contribution in [0, 0.1) is 5.41 Å². The van der Waals surface area contributed by atoms with Crippen LogP contribution < -0.4 is 11.1 Å². The van der Waals surface area contributed by atoms with Crippen LogP contribution in [0.2, 0.25) is 0 Å². The molecule has 1 aromatic rings. The van der Waals surface area contributed by atoms with Crippen molar-refractivity contribution in [1.29, 1.82) is 0 Å². The van der Waals surface area contributed by atoms with Crippen LogP contribution in [-0.4, -0.2) is 12.5 Å². The zero-order chi connectivity index (χ0) is 12.2. The highest BCUT2D eigenvalue weighted by Gasteiger charge is 2.17. The number of hydrogen-bond donors (Lipinski definition) is 2. The molecule has 0 aromatic heterocycles. The number of amides is 1. The maximum atomic E-state index is 11.8. The van der Waals surface area contributed by atoms with Crippen molar-refractivity contribution in [2.75, 3.05) is 6.54 Å². The molecule has 0 spiro atoms. The Morgan fingerprint density at radius 3 is 2.38 bits per heavy atom. The van der Waals surface area contributed by atoms with E-state index in [1.54, 1.807) is 0 Å². The van der Waals surface area contributed by atoms with Gasteiger partial charge in [0, 0.05) is 6.54 Å². The van der Waals surface area contributed by atoms with Gasteiger partial charge in [0.25, 0.3) is 0 Å². The second kappa shape index (κ2) is 5.12. The van der Waals surface area contributed by atoms with Crippen LogP contribution in [0.4, 0.5) is 0 Å². The zero-order valence-corrected chi connectivity index (χ0v) is 10.2. The number of carbonyl (C=O) groups is 1. The number of carbonyl (C=O) groups excluding carboxylic acids is 1. The highest BCUT2D eigenvalue weighted by atomic mass is 16.2. The molecule has 16 heavy (non-hydrogen) atoms. The molecule has 0 aliphatic rings. The Bertz CT molecular complexity index is 341. The molecule has 0 saturated heterocycles. The van der Waals surface area contributed by atoms with Crippen molar-refractivity contribution in [3.63, 3.8) is 0 Å². The van der Waals surface area contributed by atoms with Crippen LogP contribution in [0.3, 0.4) is 0 Å². The molecule has 1 amide bonds. The van der Waals surface area contributed by atoms with Gasteiger partial charge in [-0.25, -0.2) is 0 Å². The van der Waals surface area contributed by atoms with E-state index in [9.17, 15) is 4.79 Å². The number of hydrogen-bond acceptors (Lipinski definition) is 2. The van der Waals surface area contributed by atoms with Crippen LogP contribution in [0.1, 0.15) is 32.4 Å². The molecule has 88 valence electrons. The first-order chi connectivity index (χ1) is 7.40. The molecule has 3 nitrogen and oxygen atoms in total. The summed E-state index contributed by atoms with van der Waals surface area (Å²) in [5, 5.41) is 2.86. The topological polar surface area (TPSA) is 55.1 Å². The summed E-state index contributed by atoms with van der Waals surface area (Å²) in [6.45, 7) is 6.84. The Hall–Kier alpha value is -1.35. The van der Waals surface area contributed by atoms with Gasteiger partial charge >= 0.3 is 0 Å². The van der Waals surface area contributed by atoms with E-state index in [1.165, 1.54) is 0 Å². The molecular weight excluding hydrogens is 200 g/mol. The second-order valence-corrected chi connectivity index (χ2v) is 5.17. The van der Waals surface area contributed by atoms with Crippen LogP contribution in [0.25, 0.3) is 0 Å². The van der Waals surface area contributed by atoms with Gasteiger partial charge in [0.2, 0.25) is 5.91 Å². The monoisotopic (exact) mass is 220 g/mol. The predicted molar refractivity (Wildman–Crippen MR) is 65.8 cm³/mol. The summed E-state index contributed by atoms with van der Waals surface area (Å²) in [5.74, 6) is -0.124. The summed E-state index contributed by atoms with van der Waals surface area (Å²) in [7, 11) is 0. The van der Waals surface area contributed by atoms with Crippen molar-refractivity contribution in [1.82, 2.24) is 5.32 Å². The van der Waals surface area contributed by atoms with Crippen molar-refractivity contribution in [3.05, 3.63) is 35.9 Å². The van der Waals surface area contributed by atoms with Gasteiger partial charge in [-0.2, -0.15) is 0 Å². The van der Waals surface area contributed by atoms with E-state index in [2.05, 4.69) is 26.1 Å². The maximum absolute atomic E-state index is 11.8. The summed E-state index contributed by atoms with van der Waals surface area (Å²) in [4.78, 5) is 11.8. The Labute approximate surface area is 97.0 Å². The van der Waals surface area contributed by atoms with Gasteiger partial charge < -0.3 is 11.1 Å². The molecule has 1 rings (SSSR count). The minimum atomic E-state index is -0.580. The molecule has 0 bridgehead atoms. The molecule has 3 N–H and O–H groups in total. The molecular formula is C13H20N2O. The van der Waals surface area contributed by atoms with Gasteiger partial charge in [-0.1, -0.05) is 51.1 Å². The normalized spacial score (nSPS) is 13.2. The van der Waals surface area contributed by atoms with Gasteiger partial charge in [-0.3, -0.25) is 4.79 Å². The molecule has 0 radical (unpaired) electrons. The van der Waals surface area contributed by atoms with E-state index < -0.39 is 6.04 Å². The molecule has 0 fully saturated rings. The Morgan fingerprint density at radius 2 is 1.88 bits per heavy atom. The van der Waals surface area contributed by atoms with Crippen molar-refractivity contribution < 1.29 is 4.79 Å². The fourth-order valence-corrected chi connectivity index (χ4v) is 1.27. The first-order valence-corrected chi connectivity index (χ1v) is 5.48. The lowest BCUT2D eigenvalue weighted by Gasteiger charge is -2.20. The van der Waals surface area contributed by atoms with E-state index in [1.807, 2.05) is 30.3 Å². The van der Waals surface area contributed by atoms with E-state index in [4.69, 9.17) is 5.73 Å². The molecule has 0 heterocycles. The summed E-state index contributed by atoms with van der Waals surface area (Å²) in [6.07, 6.45) is 0. The Balaban J connectivity index is 2.55. The largest absolute Gasteiger partial charge is 0.354 e. The third-order valence-electron chi connectivity index (χ3n) is 2.23. The summed E-state index contributed by atoms with van der Waals surface area (Å²) in [5.41, 5.74) is 6.77. The third kappa shape index (κ3) is 4.03. The SMILES string of the molecule is CC(C)(C)CNC(=O)C(N)c1ccccc1. The van der Waals surface area contributed by atoms with Gasteiger partial charge in [-0.05, 0) is 11.0 Å². The average molecular weight is 220 g/mol. The van der Waals surface area contributed by atoms with Crippen LogP contribution in [0.5, 0.6) is 0 Å². The van der Waals surface area contributed by atoms with E-state index >= 15 is 0 Å². The molecule has 1 aromatic carbocycles. The Kier molecular flexibility index (Phi) is 4.07. The summed E-state index contributed by atoms with van der Waals surface area (Å²) in [6, 6.07) is 8.81. The van der Waals surface area contributed by atoms with Gasteiger partial charge in [0.05, 0.1) is 0 Å². The molecule has 1 atom stereocenters. The molecule has 3 heteroatoms. The lowest BCUT2D eigenvalue weighted by molar-refractivity contribution is -0.122. The van der Waals surface area contributed by atoms with Gasteiger partial charge in [0.1, 0.15) is 6.04 Å². The number of benzene rings is 1. The average Bonchev–Trinajstić information content (AvgIpc) is 2.25. The minimum Gasteiger partial charge on any atom is -0.354 e. The fourth-order valence-electron chi connectivity index (χ4n) is 1.27. The predicted octanol–water partition coefficient (Wildman–Crippen LogP) is 1.85. The summed E-state index contributed by atoms with van der Waals surface area (Å²) >= 11 is 0. The molecule has 1 unspecified atom stereocenters. The van der Waals surface area contributed by atoms with Crippen LogP contribution in [0.15, 0.2) is 30.3 Å². The molecule has 0 saturated carbocycles. The maximum Gasteiger partial charge on any atom is 0.241 e. The van der Waals surface area contributed by atoms with Gasteiger partial charge in [0.15, 0.2) is 0 Å². The van der Waals surface area contributed by atoms with E-state index in [0.29, 0.717) is 6.54 Å². The van der Waals surface area contributed by atoms with Crippen molar-refractivity contribution in [2.45, 2.75) is 26.8 Å². The van der Waals surface area contributed by atoms with E-state index in [0.717, 1.165) is 5.56 Å². The Morgan fingerprint density at radius 1 is 1.31 bits per heavy atom. The quantitative estimate of drug-likeness (QED) is 0.816. The minimum absolute atomic E-state index is 0.0755. The van der Waals surface area contributed by atoms with Crippen LogP contribution >= 0.6 is 0 Å². The zero-order valence-electron chi connectivity index (χ0n) is 10.2. The van der Waals surface area contributed by atoms with Crippen molar-refractivity contribution in [2.24, 2.45) is 11.1 Å². The smallest absolute Gasteiger partial charge is 0.241 e. The molecule has 0 aliphatic carbocycles. The number of nitrogens with two attached hydrogens (primary N) is 1. The van der Waals surface area contributed by atoms with E-state index in [-0.39, 0.29) is 11.3 Å². The summed E-state index contributed by atoms with van der Waals surface area (Å²) < 4.78 is 0. The first-order valence-electron chi connectivity index (χ1n) is 5.48. The third-order valence-corrected chi connectivity index (χ3v) is 2.23. The van der Waals surface area contributed by atoms with Crippen LogP contribution in [-0.2, 0) is 4.79 Å². The highest BCUT2D eigenvalue weighted by Crippen LogP contribution is 2.13. The number of rotatable bonds is 3. The highest BCUT2D eigenvalue weighted by molar-refractivity contribution is 5.82. The fraction of sp³-hybridized carbons (Fsp3) is 0.462. The second-order valence-electron chi connectivity index (χ2n) is 5.17. The number of nitrogens with one attached hydrogen (secondary N) is 1.